The van der Waals surface area contributed by atoms with Crippen LogP contribution in [0.25, 0.3) is 65.6 Å². The van der Waals surface area contributed by atoms with E-state index in [0.717, 1.165) is 0 Å². The molecule has 0 radical (unpaired) electrons. The largest absolute Gasteiger partial charge is 0.315 e. The minimum Gasteiger partial charge on any atom is -0.315 e. The van der Waals surface area contributed by atoms with E-state index in [1.165, 1.54) is 65.6 Å². The maximum atomic E-state index is 2.45. The van der Waals surface area contributed by atoms with Gasteiger partial charge in [-0.25, -0.2) is 0 Å². The van der Waals surface area contributed by atoms with Crippen LogP contribution in [0, 0.1) is 0 Å². The minimum absolute atomic E-state index is 1.17. The molecule has 0 fully saturated rings. The van der Waals surface area contributed by atoms with Gasteiger partial charge in [0.15, 0.2) is 0 Å². The van der Waals surface area contributed by atoms with Crippen molar-refractivity contribution in [1.29, 1.82) is 0 Å². The molecule has 0 N–H and O–H groups in total. The summed E-state index contributed by atoms with van der Waals surface area (Å²) in [5.74, 6) is 0. The van der Waals surface area contributed by atoms with Crippen molar-refractivity contribution in [3.8, 4) is 11.4 Å². The lowest BCUT2D eigenvalue weighted by Gasteiger charge is -2.13. The number of hydrogen-bond acceptors (Lipinski definition) is 0. The number of fused-ring (bicyclic) bond motifs is 8. The van der Waals surface area contributed by atoms with E-state index in [1.807, 2.05) is 0 Å². The Bertz CT molecular complexity index is 2090. The average molecular weight is 459 g/mol. The molecule has 8 aromatic rings. The molecule has 0 aliphatic carbocycles. The third-order valence-corrected chi connectivity index (χ3v) is 7.51. The zero-order valence-corrected chi connectivity index (χ0v) is 19.6. The standard InChI is InChI=1S/C34H22N2/c1-2-9-26(10-3-1)35-21-20-24-16-18-31-30-12-6-7-13-32(30)36(34(31)33(24)35)27-17-19-29-25(22-27)15-14-23-8-4-5-11-28(23)29/h1-22H. The molecule has 0 unspecified atom stereocenters. The molecule has 36 heavy (non-hydrogen) atoms. The van der Waals surface area contributed by atoms with Gasteiger partial charge in [-0.3, -0.25) is 0 Å². The lowest BCUT2D eigenvalue weighted by Crippen LogP contribution is -1.98. The van der Waals surface area contributed by atoms with E-state index < -0.39 is 0 Å². The zero-order chi connectivity index (χ0) is 23.6. The molecule has 0 spiro atoms. The molecule has 0 saturated carbocycles. The number of rotatable bonds is 2. The molecule has 168 valence electrons. The Morgan fingerprint density at radius 1 is 0.389 bits per heavy atom. The predicted octanol–water partition coefficient (Wildman–Crippen LogP) is 9.03. The SMILES string of the molecule is c1ccc(-n2ccc3ccc4c5ccccc5n(-c5ccc6c(ccc7ccccc76)c5)c4c32)cc1. The number of aromatic nitrogens is 2. The van der Waals surface area contributed by atoms with Gasteiger partial charge in [-0.1, -0.05) is 91.0 Å². The van der Waals surface area contributed by atoms with Crippen molar-refractivity contribution in [2.24, 2.45) is 0 Å². The van der Waals surface area contributed by atoms with Gasteiger partial charge in [0.25, 0.3) is 0 Å². The highest BCUT2D eigenvalue weighted by molar-refractivity contribution is 6.18. The Kier molecular flexibility index (Phi) is 3.97. The number of benzene rings is 6. The van der Waals surface area contributed by atoms with Gasteiger partial charge in [0.05, 0.1) is 16.6 Å². The molecule has 2 heteroatoms. The summed E-state index contributed by atoms with van der Waals surface area (Å²) in [6.07, 6.45) is 2.19. The van der Waals surface area contributed by atoms with Crippen LogP contribution in [-0.2, 0) is 0 Å². The molecule has 8 rings (SSSR count). The first-order valence-electron chi connectivity index (χ1n) is 12.4. The predicted molar refractivity (Wildman–Crippen MR) is 153 cm³/mol. The second-order valence-corrected chi connectivity index (χ2v) is 9.47. The van der Waals surface area contributed by atoms with Crippen LogP contribution in [0.5, 0.6) is 0 Å². The summed E-state index contributed by atoms with van der Waals surface area (Å²) >= 11 is 0. The van der Waals surface area contributed by atoms with Gasteiger partial charge in [0, 0.05) is 33.7 Å². The fourth-order valence-corrected chi connectivity index (χ4v) is 5.88. The second kappa shape index (κ2) is 7.34. The molecule has 0 bridgehead atoms. The van der Waals surface area contributed by atoms with Crippen LogP contribution in [0.15, 0.2) is 134 Å². The van der Waals surface area contributed by atoms with Crippen LogP contribution in [-0.4, -0.2) is 9.13 Å². The summed E-state index contributed by atoms with van der Waals surface area (Å²) in [6.45, 7) is 0. The van der Waals surface area contributed by atoms with E-state index >= 15 is 0 Å². The van der Waals surface area contributed by atoms with Crippen LogP contribution in [0.1, 0.15) is 0 Å². The molecule has 0 saturated heterocycles. The molecule has 0 aliphatic heterocycles. The highest BCUT2D eigenvalue weighted by Crippen LogP contribution is 2.38. The van der Waals surface area contributed by atoms with Crippen molar-refractivity contribution in [3.63, 3.8) is 0 Å². The quantitative estimate of drug-likeness (QED) is 0.229. The second-order valence-electron chi connectivity index (χ2n) is 9.47. The van der Waals surface area contributed by atoms with Gasteiger partial charge >= 0.3 is 0 Å². The summed E-state index contributed by atoms with van der Waals surface area (Å²) in [5.41, 5.74) is 6.04. The summed E-state index contributed by atoms with van der Waals surface area (Å²) in [6, 6.07) is 46.1. The van der Waals surface area contributed by atoms with Gasteiger partial charge in [0.1, 0.15) is 0 Å². The van der Waals surface area contributed by atoms with Crippen molar-refractivity contribution in [3.05, 3.63) is 134 Å². The first-order chi connectivity index (χ1) is 17.9. The van der Waals surface area contributed by atoms with Crippen molar-refractivity contribution in [2.45, 2.75) is 0 Å². The van der Waals surface area contributed by atoms with E-state index in [9.17, 15) is 0 Å². The lowest BCUT2D eigenvalue weighted by atomic mass is 10.0. The average Bonchev–Trinajstić information content (AvgIpc) is 3.52. The third kappa shape index (κ3) is 2.67. The minimum atomic E-state index is 1.17. The summed E-state index contributed by atoms with van der Waals surface area (Å²) in [4.78, 5) is 0. The Labute approximate surface area is 208 Å². The van der Waals surface area contributed by atoms with Crippen molar-refractivity contribution >= 4 is 54.3 Å². The Morgan fingerprint density at radius 3 is 2.00 bits per heavy atom. The zero-order valence-electron chi connectivity index (χ0n) is 19.6. The third-order valence-electron chi connectivity index (χ3n) is 7.51. The van der Waals surface area contributed by atoms with Crippen LogP contribution >= 0.6 is 0 Å². The molecule has 6 aromatic carbocycles. The van der Waals surface area contributed by atoms with E-state index in [4.69, 9.17) is 0 Å². The summed E-state index contributed by atoms with van der Waals surface area (Å²) < 4.78 is 4.77. The first kappa shape index (κ1) is 19.5. The molecule has 2 aromatic heterocycles. The maximum absolute atomic E-state index is 2.45. The smallest absolute Gasteiger partial charge is 0.0788 e. The molecule has 2 nitrogen and oxygen atoms in total. The number of hydrogen-bond donors (Lipinski definition) is 0. The van der Waals surface area contributed by atoms with E-state index in [-0.39, 0.29) is 0 Å². The highest BCUT2D eigenvalue weighted by atomic mass is 15.0. The highest BCUT2D eigenvalue weighted by Gasteiger charge is 2.18. The van der Waals surface area contributed by atoms with E-state index in [1.54, 1.807) is 0 Å². The van der Waals surface area contributed by atoms with Gasteiger partial charge in [-0.2, -0.15) is 0 Å². The van der Waals surface area contributed by atoms with Crippen molar-refractivity contribution in [1.82, 2.24) is 9.13 Å². The van der Waals surface area contributed by atoms with Crippen molar-refractivity contribution in [2.75, 3.05) is 0 Å². The normalized spacial score (nSPS) is 11.9. The molecule has 0 aliphatic rings. The van der Waals surface area contributed by atoms with Gasteiger partial charge < -0.3 is 9.13 Å². The van der Waals surface area contributed by atoms with Gasteiger partial charge in [-0.05, 0) is 57.9 Å². The Morgan fingerprint density at radius 2 is 1.08 bits per heavy atom. The molecule has 0 amide bonds. The number of nitrogens with zero attached hydrogens (tertiary/aromatic N) is 2. The maximum Gasteiger partial charge on any atom is 0.0788 e. The van der Waals surface area contributed by atoms with Crippen LogP contribution in [0.3, 0.4) is 0 Å². The summed E-state index contributed by atoms with van der Waals surface area (Å²) in [7, 11) is 0. The van der Waals surface area contributed by atoms with E-state index in [2.05, 4.69) is 143 Å². The van der Waals surface area contributed by atoms with Gasteiger partial charge in [0.2, 0.25) is 0 Å². The molecular formula is C34H22N2. The topological polar surface area (TPSA) is 9.86 Å². The van der Waals surface area contributed by atoms with Crippen LogP contribution in [0.4, 0.5) is 0 Å². The fraction of sp³-hybridized carbons (Fsp3) is 0. The first-order valence-corrected chi connectivity index (χ1v) is 12.4. The van der Waals surface area contributed by atoms with Crippen molar-refractivity contribution < 1.29 is 0 Å². The molecule has 2 heterocycles. The van der Waals surface area contributed by atoms with Gasteiger partial charge in [-0.15, -0.1) is 0 Å². The van der Waals surface area contributed by atoms with Crippen LogP contribution in [0.2, 0.25) is 0 Å². The Hall–Kier alpha value is -4.82. The number of para-hydroxylation sites is 2. The molecule has 0 atom stereocenters. The fourth-order valence-electron chi connectivity index (χ4n) is 5.88. The van der Waals surface area contributed by atoms with Crippen LogP contribution < -0.4 is 0 Å². The monoisotopic (exact) mass is 458 g/mol. The van der Waals surface area contributed by atoms with E-state index in [0.29, 0.717) is 0 Å². The Balaban J connectivity index is 1.52. The summed E-state index contributed by atoms with van der Waals surface area (Å²) in [5, 5.41) is 8.89. The lowest BCUT2D eigenvalue weighted by molar-refractivity contribution is 1.12. The molecular weight excluding hydrogens is 436 g/mol.